The lowest BCUT2D eigenvalue weighted by atomic mass is 10.1. The quantitative estimate of drug-likeness (QED) is 0.729. The maximum Gasteiger partial charge on any atom is 0.258 e. The molecule has 0 bridgehead atoms. The van der Waals surface area contributed by atoms with E-state index in [0.29, 0.717) is 40.4 Å². The van der Waals surface area contributed by atoms with Crippen LogP contribution in [0.3, 0.4) is 0 Å². The van der Waals surface area contributed by atoms with E-state index in [9.17, 15) is 0 Å². The van der Waals surface area contributed by atoms with Crippen LogP contribution in [0.25, 0.3) is 22.8 Å². The predicted molar refractivity (Wildman–Crippen MR) is 98.4 cm³/mol. The van der Waals surface area contributed by atoms with Gasteiger partial charge in [-0.05, 0) is 42.3 Å². The van der Waals surface area contributed by atoms with Gasteiger partial charge in [-0.1, -0.05) is 22.8 Å². The fourth-order valence-corrected chi connectivity index (χ4v) is 3.28. The van der Waals surface area contributed by atoms with E-state index in [1.54, 1.807) is 19.2 Å². The van der Waals surface area contributed by atoms with Crippen LogP contribution in [0.5, 0.6) is 11.5 Å². The third-order valence-corrected chi connectivity index (χ3v) is 4.57. The van der Waals surface area contributed by atoms with E-state index in [4.69, 9.17) is 25.6 Å². The summed E-state index contributed by atoms with van der Waals surface area (Å²) < 4.78 is 16.4. The van der Waals surface area contributed by atoms with Crippen LogP contribution in [0.4, 0.5) is 0 Å². The zero-order valence-corrected chi connectivity index (χ0v) is 15.3. The lowest BCUT2D eigenvalue weighted by Gasteiger charge is -2.11. The molecular weight excluding hydrogens is 354 g/mol. The molecule has 4 rings (SSSR count). The fraction of sp³-hybridized carbons (Fsp3) is 0.263. The minimum atomic E-state index is 0.441. The number of methoxy groups -OCH3 is 1. The van der Waals surface area contributed by atoms with Crippen LogP contribution in [0.1, 0.15) is 18.1 Å². The molecule has 3 aromatic rings. The molecule has 1 aromatic heterocycles. The number of rotatable bonds is 5. The van der Waals surface area contributed by atoms with Gasteiger partial charge in [0, 0.05) is 24.2 Å². The number of nitrogens with zero attached hydrogens (tertiary/aromatic N) is 2. The summed E-state index contributed by atoms with van der Waals surface area (Å²) in [4.78, 5) is 4.52. The third kappa shape index (κ3) is 3.02. The molecule has 0 atom stereocenters. The molecular formula is C19H18ClN3O3. The van der Waals surface area contributed by atoms with Crippen LogP contribution < -0.4 is 14.8 Å². The fourth-order valence-electron chi connectivity index (χ4n) is 3.02. The number of benzene rings is 2. The summed E-state index contributed by atoms with van der Waals surface area (Å²) in [6, 6.07) is 9.70. The Morgan fingerprint density at radius 1 is 1.15 bits per heavy atom. The van der Waals surface area contributed by atoms with Crippen molar-refractivity contribution in [2.75, 3.05) is 13.7 Å². The van der Waals surface area contributed by atoms with E-state index in [-0.39, 0.29) is 0 Å². The Morgan fingerprint density at radius 3 is 2.81 bits per heavy atom. The van der Waals surface area contributed by atoms with Crippen LogP contribution in [0.15, 0.2) is 34.9 Å². The third-order valence-electron chi connectivity index (χ3n) is 4.29. The summed E-state index contributed by atoms with van der Waals surface area (Å²) in [7, 11) is 1.57. The van der Waals surface area contributed by atoms with Gasteiger partial charge in [0.25, 0.3) is 5.89 Å². The van der Waals surface area contributed by atoms with E-state index < -0.39 is 0 Å². The van der Waals surface area contributed by atoms with Crippen molar-refractivity contribution >= 4 is 11.6 Å². The number of nitrogens with one attached hydrogen (secondary N) is 1. The first-order chi connectivity index (χ1) is 12.7. The normalized spacial score (nSPS) is 12.9. The van der Waals surface area contributed by atoms with Gasteiger partial charge in [0.2, 0.25) is 5.82 Å². The zero-order chi connectivity index (χ0) is 18.1. The van der Waals surface area contributed by atoms with Gasteiger partial charge in [-0.15, -0.1) is 0 Å². The molecule has 26 heavy (non-hydrogen) atoms. The summed E-state index contributed by atoms with van der Waals surface area (Å²) in [5.74, 6) is 1.96. The first-order valence-electron chi connectivity index (χ1n) is 8.37. The second-order valence-corrected chi connectivity index (χ2v) is 6.34. The molecule has 0 spiro atoms. The van der Waals surface area contributed by atoms with Crippen molar-refractivity contribution in [3.05, 3.63) is 46.5 Å². The molecule has 0 saturated heterocycles. The van der Waals surface area contributed by atoms with E-state index in [1.165, 1.54) is 11.1 Å². The summed E-state index contributed by atoms with van der Waals surface area (Å²) in [6.45, 7) is 4.14. The zero-order valence-electron chi connectivity index (χ0n) is 14.5. The van der Waals surface area contributed by atoms with Crippen LogP contribution in [0, 0.1) is 0 Å². The van der Waals surface area contributed by atoms with E-state index in [1.807, 2.05) is 13.0 Å². The second kappa shape index (κ2) is 6.97. The molecule has 1 N–H and O–H groups in total. The Hall–Kier alpha value is -2.57. The molecule has 0 amide bonds. The topological polar surface area (TPSA) is 69.4 Å². The molecule has 0 radical (unpaired) electrons. The SMILES string of the molecule is CCOc1c(Cl)cc(-c2noc(-c3ccc4c(c3)CNC4)n2)cc1OC. The standard InChI is InChI=1S/C19H18ClN3O3/c1-3-25-17-15(20)7-13(8-16(17)24-2)18-22-19(26-23-18)11-4-5-12-9-21-10-14(12)6-11/h4-8,21H,3,9-10H2,1-2H3. The number of fused-ring (bicyclic) bond motifs is 1. The highest BCUT2D eigenvalue weighted by Crippen LogP contribution is 2.39. The first kappa shape index (κ1) is 16.9. The number of ether oxygens (including phenoxy) is 2. The number of aromatic nitrogens is 2. The Morgan fingerprint density at radius 2 is 2.00 bits per heavy atom. The molecule has 1 aliphatic rings. The molecule has 2 aromatic carbocycles. The number of hydrogen-bond donors (Lipinski definition) is 1. The van der Waals surface area contributed by atoms with Gasteiger partial charge in [0.05, 0.1) is 18.7 Å². The maximum absolute atomic E-state index is 6.33. The highest BCUT2D eigenvalue weighted by Gasteiger charge is 2.18. The smallest absolute Gasteiger partial charge is 0.258 e. The summed E-state index contributed by atoms with van der Waals surface area (Å²) in [5, 5.41) is 7.86. The van der Waals surface area contributed by atoms with Crippen molar-refractivity contribution in [3.63, 3.8) is 0 Å². The average molecular weight is 372 g/mol. The van der Waals surface area contributed by atoms with Crippen molar-refractivity contribution in [1.82, 2.24) is 15.5 Å². The maximum atomic E-state index is 6.33. The van der Waals surface area contributed by atoms with Gasteiger partial charge >= 0.3 is 0 Å². The molecule has 0 fully saturated rings. The molecule has 0 saturated carbocycles. The minimum Gasteiger partial charge on any atom is -0.493 e. The Bertz CT molecular complexity index is 955. The molecule has 0 aliphatic carbocycles. The van der Waals surface area contributed by atoms with E-state index >= 15 is 0 Å². The summed E-state index contributed by atoms with van der Waals surface area (Å²) in [6.07, 6.45) is 0. The predicted octanol–water partition coefficient (Wildman–Crippen LogP) is 4.07. The van der Waals surface area contributed by atoms with Gasteiger partial charge in [-0.25, -0.2) is 0 Å². The monoisotopic (exact) mass is 371 g/mol. The molecule has 1 aliphatic heterocycles. The van der Waals surface area contributed by atoms with Crippen molar-refractivity contribution < 1.29 is 14.0 Å². The van der Waals surface area contributed by atoms with Crippen LogP contribution in [-0.2, 0) is 13.1 Å². The van der Waals surface area contributed by atoms with Gasteiger partial charge in [0.1, 0.15) is 0 Å². The Balaban J connectivity index is 1.69. The second-order valence-electron chi connectivity index (χ2n) is 5.93. The van der Waals surface area contributed by atoms with Gasteiger partial charge in [-0.3, -0.25) is 0 Å². The van der Waals surface area contributed by atoms with Crippen molar-refractivity contribution in [1.29, 1.82) is 0 Å². The lowest BCUT2D eigenvalue weighted by molar-refractivity contribution is 0.311. The summed E-state index contributed by atoms with van der Waals surface area (Å²) >= 11 is 6.33. The molecule has 7 heteroatoms. The van der Waals surface area contributed by atoms with E-state index in [2.05, 4.69) is 27.6 Å². The Labute approximate surface area is 156 Å². The Kier molecular flexibility index (Phi) is 4.53. The average Bonchev–Trinajstić information content (AvgIpc) is 3.31. The van der Waals surface area contributed by atoms with Crippen molar-refractivity contribution in [3.8, 4) is 34.3 Å². The minimum absolute atomic E-state index is 0.441. The van der Waals surface area contributed by atoms with Crippen molar-refractivity contribution in [2.24, 2.45) is 0 Å². The van der Waals surface area contributed by atoms with E-state index in [0.717, 1.165) is 18.7 Å². The van der Waals surface area contributed by atoms with Gasteiger partial charge < -0.3 is 19.3 Å². The largest absolute Gasteiger partial charge is 0.493 e. The van der Waals surface area contributed by atoms with Gasteiger partial charge in [0.15, 0.2) is 11.5 Å². The molecule has 6 nitrogen and oxygen atoms in total. The highest BCUT2D eigenvalue weighted by molar-refractivity contribution is 6.32. The van der Waals surface area contributed by atoms with Crippen LogP contribution in [0.2, 0.25) is 5.02 Å². The molecule has 0 unspecified atom stereocenters. The lowest BCUT2D eigenvalue weighted by Crippen LogP contribution is -1.99. The van der Waals surface area contributed by atoms with Crippen molar-refractivity contribution in [2.45, 2.75) is 20.0 Å². The van der Waals surface area contributed by atoms with Crippen LogP contribution in [-0.4, -0.2) is 23.9 Å². The highest BCUT2D eigenvalue weighted by atomic mass is 35.5. The van der Waals surface area contributed by atoms with Crippen LogP contribution >= 0.6 is 11.6 Å². The van der Waals surface area contributed by atoms with Gasteiger partial charge in [-0.2, -0.15) is 4.98 Å². The first-order valence-corrected chi connectivity index (χ1v) is 8.74. The molecule has 134 valence electrons. The summed E-state index contributed by atoms with van der Waals surface area (Å²) in [5.41, 5.74) is 4.16. The number of hydrogen-bond acceptors (Lipinski definition) is 6. The molecule has 2 heterocycles. The number of halogens is 1.